The van der Waals surface area contributed by atoms with Gasteiger partial charge in [0.2, 0.25) is 5.91 Å². The zero-order chi connectivity index (χ0) is 17.5. The van der Waals surface area contributed by atoms with Gasteiger partial charge in [0.1, 0.15) is 0 Å². The van der Waals surface area contributed by atoms with Gasteiger partial charge in [0.05, 0.1) is 6.54 Å². The van der Waals surface area contributed by atoms with Crippen LogP contribution in [0, 0.1) is 5.92 Å². The number of hydrogen-bond donors (Lipinski definition) is 2. The van der Waals surface area contributed by atoms with E-state index in [9.17, 15) is 9.59 Å². The number of rotatable bonds is 5. The zero-order valence-corrected chi connectivity index (χ0v) is 14.6. The maximum absolute atomic E-state index is 12.3. The normalized spacial score (nSPS) is 18.3. The average molecular weight is 341 g/mol. The van der Waals surface area contributed by atoms with Crippen molar-refractivity contribution in [3.63, 3.8) is 0 Å². The topological polar surface area (TPSA) is 61.4 Å². The molecule has 1 aliphatic heterocycles. The van der Waals surface area contributed by atoms with Crippen LogP contribution in [0.25, 0.3) is 0 Å². The van der Waals surface area contributed by atoms with Gasteiger partial charge in [-0.25, -0.2) is 4.79 Å². The van der Waals surface area contributed by atoms with Crippen LogP contribution in [0.2, 0.25) is 0 Å². The predicted molar refractivity (Wildman–Crippen MR) is 98.1 cm³/mol. The van der Waals surface area contributed by atoms with Gasteiger partial charge in [-0.05, 0) is 43.6 Å². The molecule has 134 valence electrons. The quantitative estimate of drug-likeness (QED) is 0.808. The van der Waals surface area contributed by atoms with Crippen LogP contribution in [0.3, 0.4) is 0 Å². The summed E-state index contributed by atoms with van der Waals surface area (Å²) >= 11 is 0. The monoisotopic (exact) mass is 341 g/mol. The van der Waals surface area contributed by atoms with Gasteiger partial charge in [-0.2, -0.15) is 0 Å². The molecule has 3 rings (SSSR count). The van der Waals surface area contributed by atoms with Crippen LogP contribution in [-0.4, -0.2) is 42.5 Å². The molecule has 0 aromatic heterocycles. The fourth-order valence-corrected chi connectivity index (χ4v) is 3.57. The SMILES string of the molecule is O=C(NCC(=O)N1CCC(Cc2ccccc2)CC1)NC1CC=CC1. The largest absolute Gasteiger partial charge is 0.341 e. The van der Waals surface area contributed by atoms with Crippen molar-refractivity contribution in [3.05, 3.63) is 48.0 Å². The van der Waals surface area contributed by atoms with Crippen molar-refractivity contribution in [3.8, 4) is 0 Å². The summed E-state index contributed by atoms with van der Waals surface area (Å²) in [5.74, 6) is 0.649. The summed E-state index contributed by atoms with van der Waals surface area (Å²) in [6.45, 7) is 1.65. The Morgan fingerprint density at radius 2 is 1.72 bits per heavy atom. The number of hydrogen-bond acceptors (Lipinski definition) is 2. The van der Waals surface area contributed by atoms with Crippen molar-refractivity contribution < 1.29 is 9.59 Å². The molecule has 5 nitrogen and oxygen atoms in total. The lowest BCUT2D eigenvalue weighted by Crippen LogP contribution is -2.47. The minimum Gasteiger partial charge on any atom is -0.341 e. The number of piperidine rings is 1. The number of likely N-dealkylation sites (tertiary alicyclic amines) is 1. The van der Waals surface area contributed by atoms with Crippen molar-refractivity contribution in [2.45, 2.75) is 38.1 Å². The van der Waals surface area contributed by atoms with E-state index in [0.717, 1.165) is 45.2 Å². The number of urea groups is 1. The van der Waals surface area contributed by atoms with E-state index in [1.807, 2.05) is 11.0 Å². The number of carbonyl (C=O) groups excluding carboxylic acids is 2. The minimum atomic E-state index is -0.249. The third-order valence-corrected chi connectivity index (χ3v) is 5.08. The van der Waals surface area contributed by atoms with E-state index in [1.54, 1.807) is 0 Å². The Hall–Kier alpha value is -2.30. The summed E-state index contributed by atoms with van der Waals surface area (Å²) in [5, 5.41) is 5.58. The summed E-state index contributed by atoms with van der Waals surface area (Å²) in [6, 6.07) is 10.4. The molecule has 25 heavy (non-hydrogen) atoms. The third-order valence-electron chi connectivity index (χ3n) is 5.08. The predicted octanol–water partition coefficient (Wildman–Crippen LogP) is 2.49. The van der Waals surface area contributed by atoms with Gasteiger partial charge in [0.15, 0.2) is 0 Å². The van der Waals surface area contributed by atoms with Crippen LogP contribution in [0.4, 0.5) is 4.79 Å². The molecule has 5 heteroatoms. The summed E-state index contributed by atoms with van der Waals surface area (Å²) in [7, 11) is 0. The van der Waals surface area contributed by atoms with E-state index in [1.165, 1.54) is 5.56 Å². The van der Waals surface area contributed by atoms with Crippen molar-refractivity contribution in [1.82, 2.24) is 15.5 Å². The van der Waals surface area contributed by atoms with E-state index >= 15 is 0 Å². The molecule has 1 heterocycles. The summed E-state index contributed by atoms with van der Waals surface area (Å²) < 4.78 is 0. The fourth-order valence-electron chi connectivity index (χ4n) is 3.57. The second-order valence-electron chi connectivity index (χ2n) is 6.98. The standard InChI is InChI=1S/C20H27N3O2/c24-19(15-21-20(25)22-18-8-4-5-9-18)23-12-10-17(11-13-23)14-16-6-2-1-3-7-16/h1-7,17-18H,8-15H2,(H2,21,22,25). The first-order chi connectivity index (χ1) is 12.2. The molecule has 2 aliphatic rings. The van der Waals surface area contributed by atoms with E-state index in [0.29, 0.717) is 5.92 Å². The van der Waals surface area contributed by atoms with Crippen molar-refractivity contribution >= 4 is 11.9 Å². The third kappa shape index (κ3) is 5.34. The Balaban J connectivity index is 1.34. The van der Waals surface area contributed by atoms with Crippen molar-refractivity contribution in [2.24, 2.45) is 5.92 Å². The summed E-state index contributed by atoms with van der Waals surface area (Å²) in [6.07, 6.45) is 9.01. The molecule has 0 saturated carbocycles. The lowest BCUT2D eigenvalue weighted by Gasteiger charge is -2.32. The van der Waals surface area contributed by atoms with Crippen molar-refractivity contribution in [2.75, 3.05) is 19.6 Å². The molecular formula is C20H27N3O2. The Morgan fingerprint density at radius 1 is 1.04 bits per heavy atom. The second-order valence-corrected chi connectivity index (χ2v) is 6.98. The highest BCUT2D eigenvalue weighted by molar-refractivity contribution is 5.84. The molecule has 1 aromatic rings. The summed E-state index contributed by atoms with van der Waals surface area (Å²) in [5.41, 5.74) is 1.37. The van der Waals surface area contributed by atoms with Crippen LogP contribution < -0.4 is 10.6 Å². The van der Waals surface area contributed by atoms with Gasteiger partial charge >= 0.3 is 6.03 Å². The van der Waals surface area contributed by atoms with Gasteiger partial charge in [0, 0.05) is 19.1 Å². The van der Waals surface area contributed by atoms with E-state index < -0.39 is 0 Å². The van der Waals surface area contributed by atoms with Gasteiger partial charge in [-0.1, -0.05) is 42.5 Å². The molecule has 1 saturated heterocycles. The molecule has 3 amide bonds. The maximum Gasteiger partial charge on any atom is 0.315 e. The van der Waals surface area contributed by atoms with Crippen molar-refractivity contribution in [1.29, 1.82) is 0 Å². The van der Waals surface area contributed by atoms with Gasteiger partial charge in [-0.15, -0.1) is 0 Å². The lowest BCUT2D eigenvalue weighted by molar-refractivity contribution is -0.131. The second kappa shape index (κ2) is 8.70. The highest BCUT2D eigenvalue weighted by Crippen LogP contribution is 2.21. The van der Waals surface area contributed by atoms with Crippen LogP contribution in [0.5, 0.6) is 0 Å². The van der Waals surface area contributed by atoms with Crippen LogP contribution >= 0.6 is 0 Å². The average Bonchev–Trinajstić information content (AvgIpc) is 3.14. The molecule has 1 fully saturated rings. The van der Waals surface area contributed by atoms with E-state index in [-0.39, 0.29) is 24.5 Å². The zero-order valence-electron chi connectivity index (χ0n) is 14.6. The van der Waals surface area contributed by atoms with Gasteiger partial charge in [0.25, 0.3) is 0 Å². The maximum atomic E-state index is 12.3. The summed E-state index contributed by atoms with van der Waals surface area (Å²) in [4.78, 5) is 26.0. The van der Waals surface area contributed by atoms with Gasteiger partial charge in [-0.3, -0.25) is 4.79 Å². The Morgan fingerprint density at radius 3 is 2.40 bits per heavy atom. The van der Waals surface area contributed by atoms with Crippen LogP contribution in [0.1, 0.15) is 31.2 Å². The first-order valence-corrected chi connectivity index (χ1v) is 9.22. The number of benzene rings is 1. The molecule has 0 bridgehead atoms. The molecule has 1 aromatic carbocycles. The van der Waals surface area contributed by atoms with E-state index in [2.05, 4.69) is 47.1 Å². The minimum absolute atomic E-state index is 0.0119. The molecule has 1 aliphatic carbocycles. The highest BCUT2D eigenvalue weighted by atomic mass is 16.2. The smallest absolute Gasteiger partial charge is 0.315 e. The molecule has 2 N–H and O–H groups in total. The molecule has 0 unspecified atom stereocenters. The van der Waals surface area contributed by atoms with E-state index in [4.69, 9.17) is 0 Å². The number of carbonyl (C=O) groups is 2. The van der Waals surface area contributed by atoms with Crippen LogP contribution in [-0.2, 0) is 11.2 Å². The first kappa shape index (κ1) is 17.5. The molecular weight excluding hydrogens is 314 g/mol. The molecule has 0 radical (unpaired) electrons. The highest BCUT2D eigenvalue weighted by Gasteiger charge is 2.23. The Kier molecular flexibility index (Phi) is 6.09. The fraction of sp³-hybridized carbons (Fsp3) is 0.500. The molecule has 0 atom stereocenters. The lowest BCUT2D eigenvalue weighted by atomic mass is 9.90. The Bertz CT molecular complexity index is 599. The first-order valence-electron chi connectivity index (χ1n) is 9.22. The Labute approximate surface area is 149 Å². The van der Waals surface area contributed by atoms with Crippen LogP contribution in [0.15, 0.2) is 42.5 Å². The molecule has 0 spiro atoms. The number of amides is 3. The van der Waals surface area contributed by atoms with Gasteiger partial charge < -0.3 is 15.5 Å². The number of nitrogens with one attached hydrogen (secondary N) is 2. The number of nitrogens with zero attached hydrogens (tertiary/aromatic N) is 1.